The van der Waals surface area contributed by atoms with Crippen LogP contribution in [-0.4, -0.2) is 35.4 Å². The zero-order valence-electron chi connectivity index (χ0n) is 9.94. The molecule has 2 rings (SSSR count). The predicted octanol–water partition coefficient (Wildman–Crippen LogP) is 0.652. The van der Waals surface area contributed by atoms with Crippen LogP contribution in [0.1, 0.15) is 23.3 Å². The molecule has 1 unspecified atom stereocenters. The summed E-state index contributed by atoms with van der Waals surface area (Å²) in [6, 6.07) is 2.71. The van der Waals surface area contributed by atoms with Gasteiger partial charge in [0.25, 0.3) is 5.91 Å². The minimum absolute atomic E-state index is 0.167. The largest absolute Gasteiger partial charge is 0.358 e. The smallest absolute Gasteiger partial charge is 0.321 e. The van der Waals surface area contributed by atoms with E-state index in [0.717, 1.165) is 25.9 Å². The Morgan fingerprint density at radius 3 is 3.00 bits per heavy atom. The van der Waals surface area contributed by atoms with Crippen LogP contribution in [0.3, 0.4) is 0 Å². The third kappa shape index (κ3) is 3.07. The molecule has 1 saturated heterocycles. The summed E-state index contributed by atoms with van der Waals surface area (Å²) in [5.41, 5.74) is 0.227. The van der Waals surface area contributed by atoms with E-state index in [9.17, 15) is 14.9 Å². The van der Waals surface area contributed by atoms with Gasteiger partial charge in [-0.15, -0.1) is 0 Å². The van der Waals surface area contributed by atoms with Crippen LogP contribution in [0.25, 0.3) is 0 Å². The average molecular weight is 252 g/mol. The molecule has 98 valence electrons. The molecule has 1 fully saturated rings. The van der Waals surface area contributed by atoms with E-state index < -0.39 is 4.92 Å². The number of hydrogen-bond acceptors (Lipinski definition) is 4. The van der Waals surface area contributed by atoms with E-state index >= 15 is 0 Å². The lowest BCUT2D eigenvalue weighted by Gasteiger charge is -2.22. The van der Waals surface area contributed by atoms with Crippen molar-refractivity contribution in [2.75, 3.05) is 19.6 Å². The molecule has 1 aromatic rings. The molecule has 18 heavy (non-hydrogen) atoms. The molecule has 1 aromatic heterocycles. The highest BCUT2D eigenvalue weighted by atomic mass is 16.6. The monoisotopic (exact) mass is 252 g/mol. The lowest BCUT2D eigenvalue weighted by atomic mass is 10.00. The Morgan fingerprint density at radius 1 is 1.56 bits per heavy atom. The van der Waals surface area contributed by atoms with Gasteiger partial charge in [-0.3, -0.25) is 4.79 Å². The number of H-pyrrole nitrogens is 1. The van der Waals surface area contributed by atoms with Gasteiger partial charge >= 0.3 is 5.82 Å². The predicted molar refractivity (Wildman–Crippen MR) is 65.4 cm³/mol. The number of aromatic nitrogens is 1. The van der Waals surface area contributed by atoms with Crippen LogP contribution in [0.5, 0.6) is 0 Å². The van der Waals surface area contributed by atoms with Gasteiger partial charge < -0.3 is 20.7 Å². The summed E-state index contributed by atoms with van der Waals surface area (Å²) in [6.07, 6.45) is 2.21. The Kier molecular flexibility index (Phi) is 3.93. The van der Waals surface area contributed by atoms with Crippen molar-refractivity contribution in [3.8, 4) is 0 Å². The van der Waals surface area contributed by atoms with Crippen LogP contribution in [0.4, 0.5) is 5.82 Å². The highest BCUT2D eigenvalue weighted by Crippen LogP contribution is 2.11. The summed E-state index contributed by atoms with van der Waals surface area (Å²) in [4.78, 5) is 24.1. The molecule has 7 nitrogen and oxygen atoms in total. The summed E-state index contributed by atoms with van der Waals surface area (Å²) in [5.74, 6) is -0.0270. The number of amides is 1. The van der Waals surface area contributed by atoms with Crippen LogP contribution in [0.15, 0.2) is 12.1 Å². The second kappa shape index (κ2) is 5.63. The van der Waals surface area contributed by atoms with Gasteiger partial charge in [-0.1, -0.05) is 0 Å². The summed E-state index contributed by atoms with van der Waals surface area (Å²) in [5, 5.41) is 16.5. The molecule has 1 aliphatic heterocycles. The maximum atomic E-state index is 11.7. The highest BCUT2D eigenvalue weighted by molar-refractivity contribution is 5.92. The van der Waals surface area contributed by atoms with Gasteiger partial charge in [-0.05, 0) is 42.8 Å². The summed E-state index contributed by atoms with van der Waals surface area (Å²) >= 11 is 0. The zero-order valence-corrected chi connectivity index (χ0v) is 9.94. The van der Waals surface area contributed by atoms with Gasteiger partial charge in [0.15, 0.2) is 5.69 Å². The standard InChI is InChI=1S/C11H16N4O3/c16-11(9-3-4-10(14-9)15(17)18)13-7-8-2-1-5-12-6-8/h3-4,8,12,14H,1-2,5-7H2,(H,13,16). The van der Waals surface area contributed by atoms with Gasteiger partial charge in [0.05, 0.1) is 0 Å². The van der Waals surface area contributed by atoms with Crippen molar-refractivity contribution in [2.24, 2.45) is 5.92 Å². The van der Waals surface area contributed by atoms with Gasteiger partial charge in [-0.2, -0.15) is 0 Å². The third-order valence-corrected chi connectivity index (χ3v) is 3.06. The fourth-order valence-electron chi connectivity index (χ4n) is 2.05. The van der Waals surface area contributed by atoms with Gasteiger partial charge in [0.2, 0.25) is 0 Å². The number of carbonyl (C=O) groups excluding carboxylic acids is 1. The van der Waals surface area contributed by atoms with E-state index in [1.54, 1.807) is 0 Å². The van der Waals surface area contributed by atoms with Crippen molar-refractivity contribution in [3.63, 3.8) is 0 Å². The van der Waals surface area contributed by atoms with Gasteiger partial charge in [0, 0.05) is 12.6 Å². The summed E-state index contributed by atoms with van der Waals surface area (Å²) in [7, 11) is 0. The van der Waals surface area contributed by atoms with Gasteiger partial charge in [-0.25, -0.2) is 4.98 Å². The molecule has 2 heterocycles. The molecule has 0 spiro atoms. The van der Waals surface area contributed by atoms with E-state index in [2.05, 4.69) is 15.6 Å². The fourth-order valence-corrected chi connectivity index (χ4v) is 2.05. The molecule has 0 aromatic carbocycles. The Balaban J connectivity index is 1.84. The van der Waals surface area contributed by atoms with E-state index in [1.807, 2.05) is 0 Å². The highest BCUT2D eigenvalue weighted by Gasteiger charge is 2.18. The summed E-state index contributed by atoms with van der Waals surface area (Å²) < 4.78 is 0. The topological polar surface area (TPSA) is 100 Å². The van der Waals surface area contributed by atoms with Crippen molar-refractivity contribution < 1.29 is 9.72 Å². The van der Waals surface area contributed by atoms with Crippen molar-refractivity contribution >= 4 is 11.7 Å². The molecule has 1 amide bonds. The van der Waals surface area contributed by atoms with Crippen molar-refractivity contribution in [3.05, 3.63) is 27.9 Å². The first-order valence-corrected chi connectivity index (χ1v) is 5.99. The lowest BCUT2D eigenvalue weighted by molar-refractivity contribution is -0.389. The second-order valence-electron chi connectivity index (χ2n) is 4.44. The Hall–Kier alpha value is -1.89. The lowest BCUT2D eigenvalue weighted by Crippen LogP contribution is -2.38. The first kappa shape index (κ1) is 12.6. The minimum atomic E-state index is -0.554. The first-order chi connectivity index (χ1) is 8.66. The first-order valence-electron chi connectivity index (χ1n) is 5.99. The van der Waals surface area contributed by atoms with E-state index in [4.69, 9.17) is 0 Å². The SMILES string of the molecule is O=C(NCC1CCCNC1)c1ccc([N+](=O)[O-])[nH]1. The number of nitro groups is 1. The number of piperidine rings is 1. The van der Waals surface area contributed by atoms with Crippen LogP contribution in [0, 0.1) is 16.0 Å². The Morgan fingerprint density at radius 2 is 2.39 bits per heavy atom. The molecule has 3 N–H and O–H groups in total. The Labute approximate surface area is 104 Å². The van der Waals surface area contributed by atoms with Crippen LogP contribution < -0.4 is 10.6 Å². The van der Waals surface area contributed by atoms with E-state index in [1.165, 1.54) is 12.1 Å². The van der Waals surface area contributed by atoms with E-state index in [-0.39, 0.29) is 17.4 Å². The zero-order chi connectivity index (χ0) is 13.0. The number of aromatic amines is 1. The molecular weight excluding hydrogens is 236 g/mol. The number of nitrogens with one attached hydrogen (secondary N) is 3. The second-order valence-corrected chi connectivity index (χ2v) is 4.44. The van der Waals surface area contributed by atoms with Crippen molar-refractivity contribution in [1.29, 1.82) is 0 Å². The maximum absolute atomic E-state index is 11.7. The number of hydrogen-bond donors (Lipinski definition) is 3. The molecule has 7 heteroatoms. The molecule has 0 aliphatic carbocycles. The van der Waals surface area contributed by atoms with Crippen LogP contribution in [0.2, 0.25) is 0 Å². The summed E-state index contributed by atoms with van der Waals surface area (Å²) in [6.45, 7) is 2.54. The normalized spacial score (nSPS) is 19.4. The molecule has 0 bridgehead atoms. The average Bonchev–Trinajstić information content (AvgIpc) is 2.87. The molecule has 1 aliphatic rings. The minimum Gasteiger partial charge on any atom is -0.358 e. The fraction of sp³-hybridized carbons (Fsp3) is 0.545. The quantitative estimate of drug-likeness (QED) is 0.541. The molecule has 0 saturated carbocycles. The molecule has 0 radical (unpaired) electrons. The number of carbonyl (C=O) groups is 1. The molecular formula is C11H16N4O3. The van der Waals surface area contributed by atoms with Crippen LogP contribution in [-0.2, 0) is 0 Å². The Bertz CT molecular complexity index is 437. The molecule has 1 atom stereocenters. The van der Waals surface area contributed by atoms with Gasteiger partial charge in [0.1, 0.15) is 0 Å². The third-order valence-electron chi connectivity index (χ3n) is 3.06. The number of rotatable bonds is 4. The van der Waals surface area contributed by atoms with Crippen molar-refractivity contribution in [2.45, 2.75) is 12.8 Å². The van der Waals surface area contributed by atoms with E-state index in [0.29, 0.717) is 12.5 Å². The maximum Gasteiger partial charge on any atom is 0.321 e. The number of nitrogens with zero attached hydrogens (tertiary/aromatic N) is 1. The van der Waals surface area contributed by atoms with Crippen molar-refractivity contribution in [1.82, 2.24) is 15.6 Å². The van der Waals surface area contributed by atoms with Crippen LogP contribution >= 0.6 is 0 Å².